The van der Waals surface area contributed by atoms with Gasteiger partial charge in [0.2, 0.25) is 0 Å². The second kappa shape index (κ2) is 4.26. The van der Waals surface area contributed by atoms with Crippen molar-refractivity contribution in [2.24, 2.45) is 11.8 Å². The Bertz CT molecular complexity index is 276. The van der Waals surface area contributed by atoms with Gasteiger partial charge in [0.1, 0.15) is 12.4 Å². The van der Waals surface area contributed by atoms with E-state index < -0.39 is 0 Å². The van der Waals surface area contributed by atoms with Crippen LogP contribution in [0, 0.1) is 11.8 Å². The van der Waals surface area contributed by atoms with Crippen LogP contribution in [0.1, 0.15) is 27.7 Å². The average molecular weight is 228 g/mol. The normalized spacial score (nSPS) is 26.3. The zero-order valence-electron chi connectivity index (χ0n) is 9.91. The third kappa shape index (κ3) is 1.97. The molecule has 15 heavy (non-hydrogen) atoms. The molecule has 1 atom stereocenters. The Morgan fingerprint density at radius 1 is 1.33 bits per heavy atom. The number of nitrogens with one attached hydrogen (secondary N) is 1. The van der Waals surface area contributed by atoms with E-state index in [2.05, 4.69) is 36.7 Å². The minimum absolute atomic E-state index is 0.476. The van der Waals surface area contributed by atoms with Crippen molar-refractivity contribution in [1.82, 2.24) is 9.03 Å². The molecular formula is C11H20N2OS. The number of ether oxygens (including phenoxy) is 1. The van der Waals surface area contributed by atoms with E-state index in [1.165, 1.54) is 11.5 Å². The van der Waals surface area contributed by atoms with E-state index in [4.69, 9.17) is 4.74 Å². The quantitative estimate of drug-likeness (QED) is 0.733. The molecule has 2 rings (SSSR count). The molecule has 1 unspecified atom stereocenters. The molecular weight excluding hydrogens is 208 g/mol. The molecule has 0 radical (unpaired) electrons. The number of fused-ring (bicyclic) bond motifs is 1. The highest BCUT2D eigenvalue weighted by atomic mass is 32.2. The summed E-state index contributed by atoms with van der Waals surface area (Å²) in [5, 5.41) is 0. The fourth-order valence-corrected chi connectivity index (χ4v) is 3.19. The van der Waals surface area contributed by atoms with Gasteiger partial charge in [-0.3, -0.25) is 4.31 Å². The molecule has 3 nitrogen and oxygen atoms in total. The highest BCUT2D eigenvalue weighted by molar-refractivity contribution is 7.95. The Balaban J connectivity index is 2.33. The molecule has 2 heterocycles. The molecule has 0 bridgehead atoms. The second-order valence-electron chi connectivity index (χ2n) is 4.79. The topological polar surface area (TPSA) is 24.5 Å². The molecule has 4 heteroatoms. The summed E-state index contributed by atoms with van der Waals surface area (Å²) < 4.78 is 11.7. The molecule has 0 spiro atoms. The lowest BCUT2D eigenvalue weighted by Crippen LogP contribution is -2.38. The van der Waals surface area contributed by atoms with E-state index in [9.17, 15) is 0 Å². The fraction of sp³-hybridized carbons (Fsp3) is 0.818. The summed E-state index contributed by atoms with van der Waals surface area (Å²) in [6.45, 7) is 10.7. The summed E-state index contributed by atoms with van der Waals surface area (Å²) in [4.78, 5) is 0. The third-order valence-electron chi connectivity index (χ3n) is 2.81. The first-order valence-corrected chi connectivity index (χ1v) is 6.44. The first kappa shape index (κ1) is 11.1. The smallest absolute Gasteiger partial charge is 0.119 e. The first-order valence-electron chi connectivity index (χ1n) is 5.67. The van der Waals surface area contributed by atoms with E-state index in [1.54, 1.807) is 12.1 Å². The van der Waals surface area contributed by atoms with E-state index in [1.807, 2.05) is 0 Å². The maximum Gasteiger partial charge on any atom is 0.119 e. The molecule has 1 saturated heterocycles. The van der Waals surface area contributed by atoms with Crippen LogP contribution in [0.2, 0.25) is 0 Å². The predicted octanol–water partition coefficient (Wildman–Crippen LogP) is 2.38. The summed E-state index contributed by atoms with van der Waals surface area (Å²) in [7, 11) is 0. The molecule has 2 aliphatic heterocycles. The van der Waals surface area contributed by atoms with Crippen LogP contribution in [0.5, 0.6) is 0 Å². The molecule has 1 fully saturated rings. The van der Waals surface area contributed by atoms with Gasteiger partial charge in [-0.25, -0.2) is 4.72 Å². The molecule has 0 aliphatic carbocycles. The van der Waals surface area contributed by atoms with Crippen LogP contribution in [0.15, 0.2) is 11.5 Å². The summed E-state index contributed by atoms with van der Waals surface area (Å²) in [6.07, 6.45) is 0. The molecule has 86 valence electrons. The Hall–Kier alpha value is -0.350. The van der Waals surface area contributed by atoms with Crippen molar-refractivity contribution >= 4 is 12.1 Å². The van der Waals surface area contributed by atoms with Gasteiger partial charge in [0, 0.05) is 24.6 Å². The highest BCUT2D eigenvalue weighted by Crippen LogP contribution is 2.37. The van der Waals surface area contributed by atoms with E-state index in [0.717, 1.165) is 13.2 Å². The zero-order chi connectivity index (χ0) is 11.0. The lowest BCUT2D eigenvalue weighted by atomic mass is 10.0. The van der Waals surface area contributed by atoms with Crippen LogP contribution in [0.25, 0.3) is 0 Å². The first-order chi connectivity index (χ1) is 7.11. The molecule has 1 N–H and O–H groups in total. The summed E-state index contributed by atoms with van der Waals surface area (Å²) in [6, 6.07) is 0.509. The molecule has 0 aromatic heterocycles. The van der Waals surface area contributed by atoms with Crippen LogP contribution < -0.4 is 4.72 Å². The Morgan fingerprint density at radius 2 is 2.07 bits per heavy atom. The monoisotopic (exact) mass is 228 g/mol. The van der Waals surface area contributed by atoms with Crippen molar-refractivity contribution in [2.75, 3.05) is 13.2 Å². The number of rotatable bonds is 2. The summed E-state index contributed by atoms with van der Waals surface area (Å²) >= 11 is 1.73. The van der Waals surface area contributed by atoms with Crippen LogP contribution >= 0.6 is 12.1 Å². The van der Waals surface area contributed by atoms with Gasteiger partial charge < -0.3 is 4.74 Å². The largest absolute Gasteiger partial charge is 0.494 e. The summed E-state index contributed by atoms with van der Waals surface area (Å²) in [5.41, 5.74) is 1.37. The average Bonchev–Trinajstić information content (AvgIpc) is 2.62. The van der Waals surface area contributed by atoms with Gasteiger partial charge in [0.25, 0.3) is 0 Å². The minimum Gasteiger partial charge on any atom is -0.494 e. The van der Waals surface area contributed by atoms with E-state index in [-0.39, 0.29) is 0 Å². The minimum atomic E-state index is 0.476. The van der Waals surface area contributed by atoms with Gasteiger partial charge in [-0.2, -0.15) is 0 Å². The number of hydrogen-bond donors (Lipinski definition) is 1. The highest BCUT2D eigenvalue weighted by Gasteiger charge is 2.36. The van der Waals surface area contributed by atoms with Crippen molar-refractivity contribution in [3.8, 4) is 0 Å². The van der Waals surface area contributed by atoms with Crippen LogP contribution in [0.4, 0.5) is 0 Å². The van der Waals surface area contributed by atoms with Crippen molar-refractivity contribution in [3.05, 3.63) is 11.5 Å². The van der Waals surface area contributed by atoms with Gasteiger partial charge in [-0.15, -0.1) is 0 Å². The standard InChI is InChI=1S/C11H20N2OS/c1-7(2)10-11(8(3)4)14-6-9-5-12-15-13(9)10/h7-9,12H,5-6H2,1-4H3. The molecule has 0 aromatic rings. The number of hydrogen-bond acceptors (Lipinski definition) is 4. The van der Waals surface area contributed by atoms with Gasteiger partial charge in [-0.05, 0) is 5.92 Å². The van der Waals surface area contributed by atoms with Crippen LogP contribution in [-0.4, -0.2) is 23.5 Å². The van der Waals surface area contributed by atoms with Crippen molar-refractivity contribution < 1.29 is 4.74 Å². The Morgan fingerprint density at radius 3 is 2.67 bits per heavy atom. The molecule has 0 saturated carbocycles. The van der Waals surface area contributed by atoms with E-state index in [0.29, 0.717) is 17.9 Å². The van der Waals surface area contributed by atoms with Crippen molar-refractivity contribution in [1.29, 1.82) is 0 Å². The van der Waals surface area contributed by atoms with Gasteiger partial charge >= 0.3 is 0 Å². The van der Waals surface area contributed by atoms with Gasteiger partial charge in [-0.1, -0.05) is 27.7 Å². The molecule has 0 amide bonds. The molecule has 0 aromatic carbocycles. The second-order valence-corrected chi connectivity index (χ2v) is 5.65. The maximum atomic E-state index is 5.91. The van der Waals surface area contributed by atoms with E-state index >= 15 is 0 Å². The van der Waals surface area contributed by atoms with Crippen LogP contribution in [0.3, 0.4) is 0 Å². The number of nitrogens with zero attached hydrogens (tertiary/aromatic N) is 1. The Kier molecular flexibility index (Phi) is 3.16. The van der Waals surface area contributed by atoms with Gasteiger partial charge in [0.05, 0.1) is 11.7 Å². The van der Waals surface area contributed by atoms with Crippen molar-refractivity contribution in [3.63, 3.8) is 0 Å². The SMILES string of the molecule is CC(C)C1=C(C(C)C)N2SNCC2CO1. The fourth-order valence-electron chi connectivity index (χ4n) is 2.10. The lowest BCUT2D eigenvalue weighted by molar-refractivity contribution is 0.102. The van der Waals surface area contributed by atoms with Crippen LogP contribution in [-0.2, 0) is 4.74 Å². The molecule has 2 aliphatic rings. The van der Waals surface area contributed by atoms with Gasteiger partial charge in [0.15, 0.2) is 0 Å². The zero-order valence-corrected chi connectivity index (χ0v) is 10.7. The third-order valence-corrected chi connectivity index (χ3v) is 3.79. The number of allylic oxidation sites excluding steroid dienone is 2. The Labute approximate surface area is 96.5 Å². The maximum absolute atomic E-state index is 5.91. The van der Waals surface area contributed by atoms with Crippen molar-refractivity contribution in [2.45, 2.75) is 33.7 Å². The summed E-state index contributed by atoms with van der Waals surface area (Å²) in [5.74, 6) is 2.18. The predicted molar refractivity (Wildman–Crippen MR) is 63.9 cm³/mol. The lowest BCUT2D eigenvalue weighted by Gasteiger charge is -2.36.